The molecule has 0 spiro atoms. The lowest BCUT2D eigenvalue weighted by Crippen LogP contribution is -3.00. The maximum atomic E-state index is 5.64. The summed E-state index contributed by atoms with van der Waals surface area (Å²) in [7, 11) is 0. The van der Waals surface area contributed by atoms with Crippen LogP contribution in [0.5, 0.6) is 0 Å². The summed E-state index contributed by atoms with van der Waals surface area (Å²) in [4.78, 5) is 0. The van der Waals surface area contributed by atoms with Crippen molar-refractivity contribution in [3.8, 4) is 0 Å². The van der Waals surface area contributed by atoms with Crippen molar-refractivity contribution in [3.63, 3.8) is 0 Å². The number of halogens is 4. The standard InChI is InChI=1S/C22H34N2O3.C8H16Cl2O3.2ClH/c1-19-5-7-23(21(3)17-19)9-11-25-13-15-27-16-14-26-12-10-24-8-6-20(2)18-22(24)4;9-1-3-11-5-7-13-8-6-12-4-2-10;;/h5-8,17-18H,9-16H2,1-4H3;1-8H2;2*1H/q+2;;;/p-2. The molecule has 0 aliphatic rings. The van der Waals surface area contributed by atoms with Gasteiger partial charge in [0.05, 0.1) is 66.1 Å². The molecule has 2 aromatic rings. The molecule has 0 saturated carbocycles. The van der Waals surface area contributed by atoms with E-state index in [1.807, 2.05) is 0 Å². The van der Waals surface area contributed by atoms with Gasteiger partial charge in [0.25, 0.3) is 0 Å². The molecule has 0 fully saturated rings. The number of ether oxygens (including phenoxy) is 6. The van der Waals surface area contributed by atoms with E-state index in [2.05, 4.69) is 73.5 Å². The highest BCUT2D eigenvalue weighted by atomic mass is 35.5. The van der Waals surface area contributed by atoms with Gasteiger partial charge in [-0.1, -0.05) is 0 Å². The summed E-state index contributed by atoms with van der Waals surface area (Å²) in [6.07, 6.45) is 4.22. The van der Waals surface area contributed by atoms with E-state index in [-0.39, 0.29) is 24.8 Å². The van der Waals surface area contributed by atoms with Gasteiger partial charge in [-0.2, -0.15) is 0 Å². The Labute approximate surface area is 275 Å². The summed E-state index contributed by atoms with van der Waals surface area (Å²) in [5.74, 6) is 1.05. The molecule has 0 aliphatic carbocycles. The fourth-order valence-corrected chi connectivity index (χ4v) is 3.81. The number of hydrogen-bond donors (Lipinski definition) is 0. The topological polar surface area (TPSA) is 63.1 Å². The molecule has 0 amide bonds. The largest absolute Gasteiger partial charge is 1.00 e. The van der Waals surface area contributed by atoms with Crippen LogP contribution >= 0.6 is 23.2 Å². The van der Waals surface area contributed by atoms with Gasteiger partial charge in [0.15, 0.2) is 36.9 Å². The van der Waals surface area contributed by atoms with Gasteiger partial charge >= 0.3 is 0 Å². The van der Waals surface area contributed by atoms with Gasteiger partial charge in [-0.3, -0.25) is 0 Å². The Morgan fingerprint density at radius 2 is 0.762 bits per heavy atom. The molecule has 2 heterocycles. The van der Waals surface area contributed by atoms with E-state index >= 15 is 0 Å². The first-order valence-electron chi connectivity index (χ1n) is 14.0. The smallest absolute Gasteiger partial charge is 0.178 e. The van der Waals surface area contributed by atoms with E-state index in [0.717, 1.165) is 13.1 Å². The third-order valence-electron chi connectivity index (χ3n) is 5.70. The molecule has 244 valence electrons. The molecule has 2 aromatic heterocycles. The van der Waals surface area contributed by atoms with Crippen molar-refractivity contribution < 1.29 is 62.4 Å². The third kappa shape index (κ3) is 23.6. The molecular formula is C30H50Cl4N2O6. The van der Waals surface area contributed by atoms with Crippen LogP contribution in [0.3, 0.4) is 0 Å². The second-order valence-electron chi connectivity index (χ2n) is 9.13. The van der Waals surface area contributed by atoms with Crippen LogP contribution < -0.4 is 33.9 Å². The van der Waals surface area contributed by atoms with Gasteiger partial charge in [0.2, 0.25) is 0 Å². The minimum Gasteiger partial charge on any atom is -1.00 e. The van der Waals surface area contributed by atoms with Crippen molar-refractivity contribution in [2.24, 2.45) is 0 Å². The Morgan fingerprint density at radius 1 is 0.476 bits per heavy atom. The third-order valence-corrected chi connectivity index (χ3v) is 6.01. The van der Waals surface area contributed by atoms with Crippen molar-refractivity contribution in [3.05, 3.63) is 59.2 Å². The molecule has 12 heteroatoms. The SMILES string of the molecule is Cc1cc[n+](CCOCCOCCOCC[n+]2ccc(C)cc2C)c(C)c1.ClCCOCCOCCOCCCl.[Cl-].[Cl-]. The zero-order chi connectivity index (χ0) is 29.3. The number of aryl methyl sites for hydroxylation is 4. The molecule has 0 aliphatic heterocycles. The monoisotopic (exact) mass is 674 g/mol. The molecule has 0 atom stereocenters. The molecule has 0 saturated heterocycles. The number of aromatic nitrogens is 2. The van der Waals surface area contributed by atoms with Gasteiger partial charge in [-0.25, -0.2) is 9.13 Å². The van der Waals surface area contributed by atoms with Crippen LogP contribution in [0, 0.1) is 27.7 Å². The van der Waals surface area contributed by atoms with Gasteiger partial charge in [0, 0.05) is 49.9 Å². The van der Waals surface area contributed by atoms with Crippen LogP contribution in [0.15, 0.2) is 36.7 Å². The van der Waals surface area contributed by atoms with E-state index in [1.54, 1.807) is 0 Å². The van der Waals surface area contributed by atoms with Crippen LogP contribution in [0.4, 0.5) is 0 Å². The minimum atomic E-state index is 0. The first-order valence-corrected chi connectivity index (χ1v) is 15.1. The fourth-order valence-electron chi connectivity index (χ4n) is 3.59. The molecule has 0 radical (unpaired) electrons. The van der Waals surface area contributed by atoms with Crippen LogP contribution in [-0.2, 0) is 41.5 Å². The van der Waals surface area contributed by atoms with Gasteiger partial charge in [-0.05, 0) is 25.0 Å². The summed E-state index contributed by atoms with van der Waals surface area (Å²) in [6.45, 7) is 17.5. The molecule has 2 rings (SSSR count). The van der Waals surface area contributed by atoms with Crippen LogP contribution in [0.25, 0.3) is 0 Å². The van der Waals surface area contributed by atoms with Crippen molar-refractivity contribution in [2.75, 3.05) is 91.0 Å². The van der Waals surface area contributed by atoms with E-state index in [9.17, 15) is 0 Å². The molecule has 0 unspecified atom stereocenters. The Bertz CT molecular complexity index is 829. The second-order valence-corrected chi connectivity index (χ2v) is 9.89. The predicted molar refractivity (Wildman–Crippen MR) is 159 cm³/mol. The normalized spacial score (nSPS) is 10.4. The maximum absolute atomic E-state index is 5.64. The van der Waals surface area contributed by atoms with Gasteiger partial charge in [0.1, 0.15) is 13.2 Å². The Morgan fingerprint density at radius 3 is 1.05 bits per heavy atom. The van der Waals surface area contributed by atoms with Crippen LogP contribution in [0.2, 0.25) is 0 Å². The lowest BCUT2D eigenvalue weighted by Gasteiger charge is -2.06. The quantitative estimate of drug-likeness (QED) is 0.0801. The number of alkyl halides is 2. The first kappa shape index (κ1) is 43.3. The Kier molecular flexibility index (Phi) is 31.2. The number of pyridine rings is 2. The second kappa shape index (κ2) is 30.3. The molecule has 42 heavy (non-hydrogen) atoms. The molecule has 0 bridgehead atoms. The minimum absolute atomic E-state index is 0. The lowest BCUT2D eigenvalue weighted by atomic mass is 10.2. The average Bonchev–Trinajstić information content (AvgIpc) is 2.93. The van der Waals surface area contributed by atoms with E-state index in [1.165, 1.54) is 22.5 Å². The molecule has 0 aromatic carbocycles. The summed E-state index contributed by atoms with van der Waals surface area (Å²) in [5.41, 5.74) is 5.08. The van der Waals surface area contributed by atoms with Crippen molar-refractivity contribution in [1.82, 2.24) is 0 Å². The van der Waals surface area contributed by atoms with E-state index in [0.29, 0.717) is 91.0 Å². The molecule has 0 N–H and O–H groups in total. The zero-order valence-electron chi connectivity index (χ0n) is 25.6. The number of nitrogens with zero attached hydrogens (tertiary/aromatic N) is 2. The maximum Gasteiger partial charge on any atom is 0.178 e. The Hall–Kier alpha value is -0.780. The number of hydrogen-bond acceptors (Lipinski definition) is 6. The number of rotatable bonds is 22. The van der Waals surface area contributed by atoms with Gasteiger partial charge < -0.3 is 53.2 Å². The van der Waals surface area contributed by atoms with Crippen LogP contribution in [-0.4, -0.2) is 91.0 Å². The highest BCUT2D eigenvalue weighted by Crippen LogP contribution is 1.97. The lowest BCUT2D eigenvalue weighted by molar-refractivity contribution is -0.704. The van der Waals surface area contributed by atoms with Crippen molar-refractivity contribution in [2.45, 2.75) is 40.8 Å². The molecule has 8 nitrogen and oxygen atoms in total. The average molecular weight is 677 g/mol. The fraction of sp³-hybridized carbons (Fsp3) is 0.667. The zero-order valence-corrected chi connectivity index (χ0v) is 28.7. The summed E-state index contributed by atoms with van der Waals surface area (Å²) in [5, 5.41) is 0. The van der Waals surface area contributed by atoms with E-state index in [4.69, 9.17) is 51.6 Å². The highest BCUT2D eigenvalue weighted by molar-refractivity contribution is 6.18. The summed E-state index contributed by atoms with van der Waals surface area (Å²) < 4.78 is 36.6. The van der Waals surface area contributed by atoms with Gasteiger partial charge in [-0.15, -0.1) is 23.2 Å². The molecular weight excluding hydrogens is 626 g/mol. The Balaban J connectivity index is 0. The van der Waals surface area contributed by atoms with Crippen molar-refractivity contribution in [1.29, 1.82) is 0 Å². The van der Waals surface area contributed by atoms with Crippen LogP contribution in [0.1, 0.15) is 22.5 Å². The highest BCUT2D eigenvalue weighted by Gasteiger charge is 2.06. The van der Waals surface area contributed by atoms with E-state index < -0.39 is 0 Å². The summed E-state index contributed by atoms with van der Waals surface area (Å²) >= 11 is 10.8. The summed E-state index contributed by atoms with van der Waals surface area (Å²) in [6, 6.07) is 8.60. The predicted octanol–water partition coefficient (Wildman–Crippen LogP) is -2.23. The first-order chi connectivity index (χ1) is 19.5. The van der Waals surface area contributed by atoms with Crippen molar-refractivity contribution >= 4 is 23.2 Å².